The number of carbonyl (C=O) groups excluding carboxylic acids is 3. The van der Waals surface area contributed by atoms with Gasteiger partial charge in [-0.3, -0.25) is 10.6 Å². The van der Waals surface area contributed by atoms with Crippen molar-refractivity contribution in [2.75, 3.05) is 36.9 Å². The van der Waals surface area contributed by atoms with Crippen LogP contribution < -0.4 is 10.6 Å². The lowest BCUT2D eigenvalue weighted by atomic mass is 10.3. The van der Waals surface area contributed by atoms with E-state index in [-0.39, 0.29) is 32.4 Å². The summed E-state index contributed by atoms with van der Waals surface area (Å²) < 4.78 is 15.4. The van der Waals surface area contributed by atoms with Crippen molar-refractivity contribution in [3.8, 4) is 0 Å². The van der Waals surface area contributed by atoms with Crippen molar-refractivity contribution in [2.24, 2.45) is 0 Å². The maximum atomic E-state index is 12.3. The first-order chi connectivity index (χ1) is 15.7. The van der Waals surface area contributed by atoms with Crippen molar-refractivity contribution >= 4 is 52.9 Å². The van der Waals surface area contributed by atoms with E-state index in [1.54, 1.807) is 62.4 Å². The fourth-order valence-corrected chi connectivity index (χ4v) is 2.89. The van der Waals surface area contributed by atoms with Crippen LogP contribution in [-0.2, 0) is 14.2 Å². The molecule has 0 aromatic heterocycles. The molecule has 0 radical (unpaired) electrons. The maximum absolute atomic E-state index is 12.3. The molecule has 0 saturated carbocycles. The summed E-state index contributed by atoms with van der Waals surface area (Å²) >= 11 is 11.8. The average molecular weight is 498 g/mol. The van der Waals surface area contributed by atoms with Gasteiger partial charge in [0.25, 0.3) is 0 Å². The fraction of sp³-hybridized carbons (Fsp3) is 0.318. The van der Waals surface area contributed by atoms with Crippen LogP contribution in [0.5, 0.6) is 0 Å². The van der Waals surface area contributed by atoms with Gasteiger partial charge in [-0.05, 0) is 50.2 Å². The second-order valence-electron chi connectivity index (χ2n) is 6.96. The molecule has 0 aliphatic carbocycles. The molecule has 2 aromatic rings. The van der Waals surface area contributed by atoms with Gasteiger partial charge in [-0.25, -0.2) is 14.4 Å². The van der Waals surface area contributed by atoms with Crippen LogP contribution in [0.15, 0.2) is 48.5 Å². The van der Waals surface area contributed by atoms with E-state index in [1.807, 2.05) is 0 Å². The van der Waals surface area contributed by atoms with Crippen LogP contribution in [0.25, 0.3) is 0 Å². The van der Waals surface area contributed by atoms with Gasteiger partial charge in [-0.2, -0.15) is 0 Å². The molecule has 0 unspecified atom stereocenters. The highest BCUT2D eigenvalue weighted by Crippen LogP contribution is 2.16. The summed E-state index contributed by atoms with van der Waals surface area (Å²) in [7, 11) is 0. The van der Waals surface area contributed by atoms with Gasteiger partial charge < -0.3 is 19.1 Å². The quantitative estimate of drug-likeness (QED) is 0.434. The molecule has 11 heteroatoms. The number of carbonyl (C=O) groups is 3. The number of benzene rings is 2. The SMILES string of the molecule is CC(C)OC(=O)N(CCOC(=O)Nc1cccc(Cl)c1)CCOC(=O)Nc1cccc(Cl)c1. The Hall–Kier alpha value is -3.17. The molecular weight excluding hydrogens is 473 g/mol. The first-order valence-corrected chi connectivity index (χ1v) is 10.8. The number of nitrogens with one attached hydrogen (secondary N) is 2. The van der Waals surface area contributed by atoms with Gasteiger partial charge in [0.2, 0.25) is 0 Å². The molecule has 0 bridgehead atoms. The summed E-state index contributed by atoms with van der Waals surface area (Å²) in [4.78, 5) is 37.5. The molecule has 3 amide bonds. The third-order valence-corrected chi connectivity index (χ3v) is 4.40. The number of amides is 3. The van der Waals surface area contributed by atoms with Crippen molar-refractivity contribution in [2.45, 2.75) is 20.0 Å². The Bertz CT molecular complexity index is 892. The zero-order chi connectivity index (χ0) is 24.2. The molecule has 2 N–H and O–H groups in total. The smallest absolute Gasteiger partial charge is 0.411 e. The summed E-state index contributed by atoms with van der Waals surface area (Å²) in [5, 5.41) is 6.01. The average Bonchev–Trinajstić information content (AvgIpc) is 2.72. The number of anilines is 2. The lowest BCUT2D eigenvalue weighted by Gasteiger charge is -2.23. The highest BCUT2D eigenvalue weighted by Gasteiger charge is 2.18. The molecule has 0 fully saturated rings. The van der Waals surface area contributed by atoms with E-state index >= 15 is 0 Å². The molecule has 0 saturated heterocycles. The number of halogens is 2. The maximum Gasteiger partial charge on any atom is 0.411 e. The predicted molar refractivity (Wildman–Crippen MR) is 126 cm³/mol. The third-order valence-electron chi connectivity index (χ3n) is 3.93. The molecule has 2 aromatic carbocycles. The van der Waals surface area contributed by atoms with Gasteiger partial charge in [0.15, 0.2) is 0 Å². The van der Waals surface area contributed by atoms with Gasteiger partial charge >= 0.3 is 18.3 Å². The minimum absolute atomic E-state index is 0.0355. The highest BCUT2D eigenvalue weighted by molar-refractivity contribution is 6.31. The normalized spacial score (nSPS) is 10.3. The van der Waals surface area contributed by atoms with Crippen LogP contribution in [0.2, 0.25) is 10.0 Å². The van der Waals surface area contributed by atoms with E-state index in [2.05, 4.69) is 10.6 Å². The summed E-state index contributed by atoms with van der Waals surface area (Å²) in [6.45, 7) is 3.28. The van der Waals surface area contributed by atoms with Gasteiger partial charge in [0, 0.05) is 21.4 Å². The number of ether oxygens (including phenoxy) is 3. The van der Waals surface area contributed by atoms with E-state index in [0.29, 0.717) is 21.4 Å². The van der Waals surface area contributed by atoms with E-state index in [4.69, 9.17) is 37.4 Å². The molecular formula is C22H25Cl2N3O6. The third kappa shape index (κ3) is 10.3. The standard InChI is InChI=1S/C22H25Cl2N3O6/c1-15(2)33-22(30)27(9-11-31-20(28)25-18-7-3-5-16(23)13-18)10-12-32-21(29)26-19-8-4-6-17(24)14-19/h3-8,13-15H,9-12H2,1-2H3,(H,25,28)(H,26,29). The molecule has 33 heavy (non-hydrogen) atoms. The van der Waals surface area contributed by atoms with Crippen molar-refractivity contribution in [3.05, 3.63) is 58.6 Å². The van der Waals surface area contributed by atoms with Crippen molar-refractivity contribution in [1.82, 2.24) is 4.90 Å². The first kappa shape index (κ1) is 26.1. The van der Waals surface area contributed by atoms with Gasteiger partial charge in [-0.1, -0.05) is 35.3 Å². The molecule has 0 aliphatic rings. The van der Waals surface area contributed by atoms with Gasteiger partial charge in [0.1, 0.15) is 13.2 Å². The summed E-state index contributed by atoms with van der Waals surface area (Å²) in [6.07, 6.45) is -2.38. The van der Waals surface area contributed by atoms with Gasteiger partial charge in [-0.15, -0.1) is 0 Å². The van der Waals surface area contributed by atoms with Crippen molar-refractivity contribution in [3.63, 3.8) is 0 Å². The van der Waals surface area contributed by atoms with Crippen molar-refractivity contribution in [1.29, 1.82) is 0 Å². The first-order valence-electron chi connectivity index (χ1n) is 10.1. The highest BCUT2D eigenvalue weighted by atomic mass is 35.5. The Kier molecular flexibility index (Phi) is 10.6. The molecule has 9 nitrogen and oxygen atoms in total. The van der Waals surface area contributed by atoms with Crippen LogP contribution >= 0.6 is 23.2 Å². The molecule has 0 spiro atoms. The molecule has 178 valence electrons. The van der Waals surface area contributed by atoms with E-state index in [9.17, 15) is 14.4 Å². The van der Waals surface area contributed by atoms with Crippen LogP contribution in [0.4, 0.5) is 25.8 Å². The Morgan fingerprint density at radius 2 is 1.30 bits per heavy atom. The largest absolute Gasteiger partial charge is 0.447 e. The number of hydrogen-bond donors (Lipinski definition) is 2. The lowest BCUT2D eigenvalue weighted by Crippen LogP contribution is -2.39. The topological polar surface area (TPSA) is 106 Å². The second kappa shape index (κ2) is 13.4. The minimum atomic E-state index is -0.702. The zero-order valence-corrected chi connectivity index (χ0v) is 19.7. The Morgan fingerprint density at radius 1 is 0.848 bits per heavy atom. The van der Waals surface area contributed by atoms with Gasteiger partial charge in [0.05, 0.1) is 19.2 Å². The van der Waals surface area contributed by atoms with E-state index in [1.165, 1.54) is 4.90 Å². The van der Waals surface area contributed by atoms with Crippen molar-refractivity contribution < 1.29 is 28.6 Å². The Labute approximate surface area is 201 Å². The van der Waals surface area contributed by atoms with Crippen LogP contribution in [0.3, 0.4) is 0 Å². The Morgan fingerprint density at radius 3 is 1.70 bits per heavy atom. The number of hydrogen-bond acceptors (Lipinski definition) is 6. The molecule has 0 heterocycles. The van der Waals surface area contributed by atoms with Crippen LogP contribution in [-0.4, -0.2) is 55.6 Å². The molecule has 2 rings (SSSR count). The summed E-state index contributed by atoms with van der Waals surface area (Å²) in [5.74, 6) is 0. The molecule has 0 atom stereocenters. The number of rotatable bonds is 9. The zero-order valence-electron chi connectivity index (χ0n) is 18.2. The van der Waals surface area contributed by atoms with Crippen LogP contribution in [0.1, 0.15) is 13.8 Å². The predicted octanol–water partition coefficient (Wildman–Crippen LogP) is 5.64. The lowest BCUT2D eigenvalue weighted by molar-refractivity contribution is 0.0600. The summed E-state index contributed by atoms with van der Waals surface area (Å²) in [6, 6.07) is 13.2. The van der Waals surface area contributed by atoms with E-state index < -0.39 is 18.3 Å². The van der Waals surface area contributed by atoms with E-state index in [0.717, 1.165) is 0 Å². The van der Waals surface area contributed by atoms with Crippen LogP contribution in [0, 0.1) is 0 Å². The number of nitrogens with zero attached hydrogens (tertiary/aromatic N) is 1. The second-order valence-corrected chi connectivity index (χ2v) is 7.83. The monoisotopic (exact) mass is 497 g/mol. The fourth-order valence-electron chi connectivity index (χ4n) is 2.51. The summed E-state index contributed by atoms with van der Waals surface area (Å²) in [5.41, 5.74) is 0.949. The Balaban J connectivity index is 1.80. The molecule has 0 aliphatic heterocycles. The minimum Gasteiger partial charge on any atom is -0.447 e.